The van der Waals surface area contributed by atoms with Gasteiger partial charge in [-0.3, -0.25) is 4.79 Å². The van der Waals surface area contributed by atoms with Gasteiger partial charge in [0, 0.05) is 20.2 Å². The van der Waals surface area contributed by atoms with E-state index in [0.29, 0.717) is 6.54 Å². The predicted octanol–water partition coefficient (Wildman–Crippen LogP) is 0.211. The monoisotopic (exact) mass is 343 g/mol. The van der Waals surface area contributed by atoms with Crippen LogP contribution in [0.2, 0.25) is 0 Å². The first kappa shape index (κ1) is 19.6. The van der Waals surface area contributed by atoms with Gasteiger partial charge in [0.15, 0.2) is 0 Å². The topological polar surface area (TPSA) is 111 Å². The van der Waals surface area contributed by atoms with E-state index in [2.05, 4.69) is 10.0 Å². The second-order valence-electron chi connectivity index (χ2n) is 5.67. The summed E-state index contributed by atoms with van der Waals surface area (Å²) in [6, 6.07) is 5.62. The lowest BCUT2D eigenvalue weighted by Gasteiger charge is -2.12. The van der Waals surface area contributed by atoms with Crippen LogP contribution in [-0.4, -0.2) is 40.6 Å². The molecule has 1 aromatic rings. The summed E-state index contributed by atoms with van der Waals surface area (Å²) in [5.74, 6) is -0.0854. The summed E-state index contributed by atoms with van der Waals surface area (Å²) < 4.78 is 31.5. The fourth-order valence-electron chi connectivity index (χ4n) is 1.72. The van der Waals surface area contributed by atoms with E-state index in [1.807, 2.05) is 13.8 Å². The van der Waals surface area contributed by atoms with Crippen molar-refractivity contribution in [2.24, 2.45) is 11.7 Å². The summed E-state index contributed by atoms with van der Waals surface area (Å²) in [7, 11) is -2.03. The van der Waals surface area contributed by atoms with Gasteiger partial charge in [-0.15, -0.1) is 0 Å². The molecule has 0 radical (unpaired) electrons. The standard InChI is InChI=1S/C15H25N3O4S/c1-11(2)8-18-23(20,21)13-6-4-12(5-7-13)9-17-15(19)14(16)10-22-3/h4-7,11,14,18H,8-10,16H2,1-3H3,(H,17,19). The lowest BCUT2D eigenvalue weighted by Crippen LogP contribution is -2.43. The van der Waals surface area contributed by atoms with Crippen molar-refractivity contribution < 1.29 is 17.9 Å². The zero-order chi connectivity index (χ0) is 17.5. The molecule has 0 aliphatic rings. The number of nitrogens with one attached hydrogen (secondary N) is 2. The highest BCUT2D eigenvalue weighted by atomic mass is 32.2. The van der Waals surface area contributed by atoms with E-state index >= 15 is 0 Å². The second-order valence-corrected chi connectivity index (χ2v) is 7.44. The van der Waals surface area contributed by atoms with Gasteiger partial charge in [0.1, 0.15) is 6.04 Å². The van der Waals surface area contributed by atoms with Crippen LogP contribution in [0.25, 0.3) is 0 Å². The molecule has 0 bridgehead atoms. The van der Waals surface area contributed by atoms with Crippen LogP contribution in [0.15, 0.2) is 29.2 Å². The van der Waals surface area contributed by atoms with E-state index in [0.717, 1.165) is 5.56 Å². The maximum Gasteiger partial charge on any atom is 0.240 e. The van der Waals surface area contributed by atoms with Gasteiger partial charge in [0.2, 0.25) is 15.9 Å². The van der Waals surface area contributed by atoms with Crippen molar-refractivity contribution in [1.82, 2.24) is 10.0 Å². The molecule has 8 heteroatoms. The number of carbonyl (C=O) groups is 1. The number of sulfonamides is 1. The van der Waals surface area contributed by atoms with Crippen molar-refractivity contribution in [3.63, 3.8) is 0 Å². The maximum absolute atomic E-state index is 12.1. The molecule has 23 heavy (non-hydrogen) atoms. The first-order chi connectivity index (χ1) is 10.8. The molecule has 130 valence electrons. The summed E-state index contributed by atoms with van der Waals surface area (Å²) >= 11 is 0. The highest BCUT2D eigenvalue weighted by Gasteiger charge is 2.15. The fraction of sp³-hybridized carbons (Fsp3) is 0.533. The third-order valence-corrected chi connectivity index (χ3v) is 4.50. The summed E-state index contributed by atoms with van der Waals surface area (Å²) in [6.07, 6.45) is 0. The SMILES string of the molecule is COCC(N)C(=O)NCc1ccc(S(=O)(=O)NCC(C)C)cc1. The van der Waals surface area contributed by atoms with Gasteiger partial charge in [-0.05, 0) is 23.6 Å². The third-order valence-electron chi connectivity index (χ3n) is 3.06. The minimum absolute atomic E-state index is 0.143. The Labute approximate surface area is 137 Å². The molecule has 0 fully saturated rings. The van der Waals surface area contributed by atoms with Gasteiger partial charge in [0.05, 0.1) is 11.5 Å². The minimum Gasteiger partial charge on any atom is -0.383 e. The largest absolute Gasteiger partial charge is 0.383 e. The van der Waals surface area contributed by atoms with Gasteiger partial charge < -0.3 is 15.8 Å². The van der Waals surface area contributed by atoms with E-state index < -0.39 is 16.1 Å². The minimum atomic E-state index is -3.50. The number of amides is 1. The van der Waals surface area contributed by atoms with Crippen molar-refractivity contribution >= 4 is 15.9 Å². The molecule has 4 N–H and O–H groups in total. The van der Waals surface area contributed by atoms with Crippen LogP contribution in [0, 0.1) is 5.92 Å². The zero-order valence-electron chi connectivity index (χ0n) is 13.7. The molecular weight excluding hydrogens is 318 g/mol. The first-order valence-corrected chi connectivity index (χ1v) is 8.85. The Morgan fingerprint density at radius 1 is 1.26 bits per heavy atom. The van der Waals surface area contributed by atoms with E-state index in [1.165, 1.54) is 19.2 Å². The van der Waals surface area contributed by atoms with Crippen molar-refractivity contribution in [3.8, 4) is 0 Å². The van der Waals surface area contributed by atoms with Crippen molar-refractivity contribution in [3.05, 3.63) is 29.8 Å². The Balaban J connectivity index is 2.61. The summed E-state index contributed by atoms with van der Waals surface area (Å²) in [5, 5.41) is 2.67. The van der Waals surface area contributed by atoms with Gasteiger partial charge >= 0.3 is 0 Å². The first-order valence-electron chi connectivity index (χ1n) is 7.37. The number of benzene rings is 1. The Morgan fingerprint density at radius 2 is 1.87 bits per heavy atom. The average Bonchev–Trinajstić information content (AvgIpc) is 2.51. The zero-order valence-corrected chi connectivity index (χ0v) is 14.5. The lowest BCUT2D eigenvalue weighted by molar-refractivity contribution is -0.123. The van der Waals surface area contributed by atoms with Crippen LogP contribution < -0.4 is 15.8 Å². The maximum atomic E-state index is 12.1. The lowest BCUT2D eigenvalue weighted by atomic mass is 10.2. The Morgan fingerprint density at radius 3 is 2.39 bits per heavy atom. The van der Waals surface area contributed by atoms with E-state index in [1.54, 1.807) is 12.1 Å². The number of methoxy groups -OCH3 is 1. The van der Waals surface area contributed by atoms with Crippen LogP contribution in [0.4, 0.5) is 0 Å². The predicted molar refractivity (Wildman–Crippen MR) is 88.2 cm³/mol. The molecule has 0 aliphatic heterocycles. The number of nitrogens with two attached hydrogens (primary N) is 1. The second kappa shape index (κ2) is 8.97. The van der Waals surface area contributed by atoms with Crippen LogP contribution in [0.3, 0.4) is 0 Å². The van der Waals surface area contributed by atoms with Crippen molar-refractivity contribution in [2.45, 2.75) is 31.3 Å². The Hall–Kier alpha value is -1.48. The summed E-state index contributed by atoms with van der Waals surface area (Å²) in [4.78, 5) is 11.9. The Kier molecular flexibility index (Phi) is 7.63. The molecule has 0 heterocycles. The van der Waals surface area contributed by atoms with Crippen LogP contribution in [-0.2, 0) is 26.1 Å². The Bertz CT molecular complexity index is 600. The highest BCUT2D eigenvalue weighted by molar-refractivity contribution is 7.89. The number of carbonyl (C=O) groups excluding carboxylic acids is 1. The van der Waals surface area contributed by atoms with Gasteiger partial charge in [-0.25, -0.2) is 13.1 Å². The van der Waals surface area contributed by atoms with Crippen molar-refractivity contribution in [1.29, 1.82) is 0 Å². The third kappa shape index (κ3) is 6.66. The van der Waals surface area contributed by atoms with Gasteiger partial charge in [-0.2, -0.15) is 0 Å². The normalized spacial score (nSPS) is 13.1. The molecule has 0 saturated heterocycles. The number of ether oxygens (including phenoxy) is 1. The smallest absolute Gasteiger partial charge is 0.240 e. The highest BCUT2D eigenvalue weighted by Crippen LogP contribution is 2.11. The molecule has 0 aliphatic carbocycles. The molecule has 0 spiro atoms. The van der Waals surface area contributed by atoms with Crippen LogP contribution in [0.5, 0.6) is 0 Å². The van der Waals surface area contributed by atoms with Gasteiger partial charge in [0.25, 0.3) is 0 Å². The average molecular weight is 343 g/mol. The molecule has 1 atom stereocenters. The van der Waals surface area contributed by atoms with E-state index in [-0.39, 0.29) is 29.9 Å². The fourth-order valence-corrected chi connectivity index (χ4v) is 2.94. The number of hydrogen-bond donors (Lipinski definition) is 3. The van der Waals surface area contributed by atoms with Crippen LogP contribution in [0.1, 0.15) is 19.4 Å². The molecular formula is C15H25N3O4S. The molecule has 1 unspecified atom stereocenters. The van der Waals surface area contributed by atoms with Gasteiger partial charge in [-0.1, -0.05) is 26.0 Å². The number of hydrogen-bond acceptors (Lipinski definition) is 5. The summed E-state index contributed by atoms with van der Waals surface area (Å²) in [5.41, 5.74) is 6.39. The summed E-state index contributed by atoms with van der Waals surface area (Å²) in [6.45, 7) is 4.67. The van der Waals surface area contributed by atoms with Crippen molar-refractivity contribution in [2.75, 3.05) is 20.3 Å². The van der Waals surface area contributed by atoms with E-state index in [9.17, 15) is 13.2 Å². The molecule has 1 rings (SSSR count). The molecule has 1 aromatic carbocycles. The molecule has 0 saturated carbocycles. The molecule has 0 aromatic heterocycles. The van der Waals surface area contributed by atoms with Crippen LogP contribution >= 0.6 is 0 Å². The molecule has 7 nitrogen and oxygen atoms in total. The molecule has 1 amide bonds. The van der Waals surface area contributed by atoms with E-state index in [4.69, 9.17) is 10.5 Å². The number of rotatable bonds is 9. The quantitative estimate of drug-likeness (QED) is 0.594.